The molecule has 0 bridgehead atoms. The number of phenolic OH excluding ortho intramolecular Hbond substituents is 1. The molecule has 330 valence electrons. The minimum Gasteiger partial charge on any atom is -0.504 e. The topological polar surface area (TPSA) is 344 Å². The third-order valence-corrected chi connectivity index (χ3v) is 11.6. The van der Waals surface area contributed by atoms with E-state index in [0.29, 0.717) is 33.8 Å². The first-order chi connectivity index (χ1) is 29.4. The zero-order valence-corrected chi connectivity index (χ0v) is 35.4. The van der Waals surface area contributed by atoms with Crippen LogP contribution < -0.4 is 15.6 Å². The molecule has 4 aromatic carbocycles. The molecule has 0 fully saturated rings. The van der Waals surface area contributed by atoms with E-state index in [1.54, 1.807) is 49.4 Å². The average molecular weight is 958 g/mol. The number of aromatic hydroxyl groups is 1. The van der Waals surface area contributed by atoms with Crippen molar-refractivity contribution in [2.75, 3.05) is 34.5 Å². The highest BCUT2D eigenvalue weighted by molar-refractivity contribution is 7.94. The molecule has 0 amide bonds. The SMILES string of the molecule is CCN(c1ccc(S(=O)(=O)CCOS(=O)(=O)O)cc1)c1nc(Cl)nc(Nc2cc(S(=O)(=O)O)cc(N=N/C(=N\Nc3cc(SOOO)ccc3COO)c3ccccc3)c2O)n1. The third kappa shape index (κ3) is 13.3. The summed E-state index contributed by atoms with van der Waals surface area (Å²) < 4.78 is 99.1. The quantitative estimate of drug-likeness (QED) is 0.00692. The number of hydrazone groups is 1. The summed E-state index contributed by atoms with van der Waals surface area (Å²) in [5, 5.41) is 47.4. The van der Waals surface area contributed by atoms with E-state index in [9.17, 15) is 34.9 Å². The largest absolute Gasteiger partial charge is 0.504 e. The Morgan fingerprint density at radius 3 is 2.26 bits per heavy atom. The zero-order chi connectivity index (χ0) is 45.1. The van der Waals surface area contributed by atoms with Gasteiger partial charge in [0.15, 0.2) is 15.6 Å². The first-order valence-electron chi connectivity index (χ1n) is 17.0. The van der Waals surface area contributed by atoms with Gasteiger partial charge in [-0.1, -0.05) is 41.4 Å². The maximum Gasteiger partial charge on any atom is 0.397 e. The van der Waals surface area contributed by atoms with Crippen molar-refractivity contribution >= 4 is 94.5 Å². The van der Waals surface area contributed by atoms with Crippen molar-refractivity contribution in [2.45, 2.75) is 28.2 Å². The monoisotopic (exact) mass is 957 g/mol. The molecular weight excluding hydrogens is 926 g/mol. The molecule has 0 saturated carbocycles. The van der Waals surface area contributed by atoms with Crippen molar-refractivity contribution in [3.8, 4) is 5.75 Å². The molecular formula is C33H32ClN9O15S4. The van der Waals surface area contributed by atoms with Gasteiger partial charge in [-0.25, -0.2) is 22.7 Å². The summed E-state index contributed by atoms with van der Waals surface area (Å²) >= 11 is 6.89. The minimum atomic E-state index is -4.95. The van der Waals surface area contributed by atoms with Gasteiger partial charge < -0.3 is 15.3 Å². The maximum absolute atomic E-state index is 12.7. The van der Waals surface area contributed by atoms with Crippen LogP contribution in [0.4, 0.5) is 34.6 Å². The predicted molar refractivity (Wildman–Crippen MR) is 220 cm³/mol. The number of hydrogen-bond donors (Lipinski definition) is 7. The first kappa shape index (κ1) is 47.6. The molecule has 0 saturated heterocycles. The summed E-state index contributed by atoms with van der Waals surface area (Å²) in [6.07, 6.45) is 0. The van der Waals surface area contributed by atoms with Gasteiger partial charge in [-0.2, -0.15) is 36.9 Å². The molecule has 0 radical (unpaired) electrons. The van der Waals surface area contributed by atoms with Crippen molar-refractivity contribution < 1.29 is 68.4 Å². The number of benzene rings is 4. The smallest absolute Gasteiger partial charge is 0.397 e. The summed E-state index contributed by atoms with van der Waals surface area (Å²) in [6.45, 7) is 0.777. The molecule has 0 unspecified atom stereocenters. The molecule has 1 heterocycles. The highest BCUT2D eigenvalue weighted by Gasteiger charge is 2.22. The van der Waals surface area contributed by atoms with E-state index in [-0.39, 0.29) is 46.8 Å². The number of nitrogens with zero attached hydrogens (tertiary/aromatic N) is 7. The lowest BCUT2D eigenvalue weighted by Crippen LogP contribution is -2.20. The van der Waals surface area contributed by atoms with Crippen LogP contribution in [0.1, 0.15) is 18.1 Å². The van der Waals surface area contributed by atoms with Crippen LogP contribution in [0.5, 0.6) is 5.75 Å². The number of sulfone groups is 1. The van der Waals surface area contributed by atoms with Crippen molar-refractivity contribution in [1.82, 2.24) is 15.0 Å². The molecule has 0 atom stereocenters. The number of hydrogen-bond acceptors (Lipinski definition) is 22. The van der Waals surface area contributed by atoms with Crippen molar-refractivity contribution in [2.24, 2.45) is 15.3 Å². The third-order valence-electron chi connectivity index (χ3n) is 7.88. The van der Waals surface area contributed by atoms with E-state index >= 15 is 0 Å². The molecule has 0 aliphatic heterocycles. The van der Waals surface area contributed by atoms with Gasteiger partial charge in [0.05, 0.1) is 45.6 Å². The number of rotatable bonds is 20. The van der Waals surface area contributed by atoms with E-state index in [2.05, 4.69) is 59.5 Å². The van der Waals surface area contributed by atoms with Crippen LogP contribution in [0.2, 0.25) is 5.28 Å². The van der Waals surface area contributed by atoms with Crippen LogP contribution in [0.15, 0.2) is 115 Å². The number of nitrogens with one attached hydrogen (secondary N) is 2. The van der Waals surface area contributed by atoms with Gasteiger partial charge in [0.25, 0.3) is 10.1 Å². The van der Waals surface area contributed by atoms with Crippen molar-refractivity contribution in [3.63, 3.8) is 0 Å². The Hall–Kier alpha value is -5.47. The second kappa shape index (κ2) is 21.1. The van der Waals surface area contributed by atoms with E-state index in [4.69, 9.17) is 26.7 Å². The number of aromatic nitrogens is 3. The summed E-state index contributed by atoms with van der Waals surface area (Å²) in [5.74, 6) is -2.01. The van der Waals surface area contributed by atoms with Crippen LogP contribution >= 0.6 is 23.6 Å². The van der Waals surface area contributed by atoms with Gasteiger partial charge in [-0.15, -0.1) is 14.6 Å². The maximum atomic E-state index is 12.7. The fourth-order valence-electron chi connectivity index (χ4n) is 5.10. The number of anilines is 5. The van der Waals surface area contributed by atoms with Gasteiger partial charge in [0, 0.05) is 28.3 Å². The standard InChI is InChI=1S/C33H32ClN9O15S4/c1-2-43(22-9-12-24(13-10-22)60(47,48)15-14-56-62(52,53)54)33-37-31(34)36-32(38-33)35-27-17-25(61(49,50)51)18-28(29(27)44)40-42-30(20-6-4-3-5-7-20)41-39-26-16-23(59-58-57-46)11-8-21(26)19-55-45/h3-13,16-18,39,44-46H,2,14-15,19H2,1H3,(H,49,50,51)(H,52,53,54)(H,35,36,37,38)/b41-30-,42-40?. The predicted octanol–water partition coefficient (Wildman–Crippen LogP) is 5.95. The van der Waals surface area contributed by atoms with Crippen LogP contribution in [-0.4, -0.2) is 89.7 Å². The van der Waals surface area contributed by atoms with Crippen molar-refractivity contribution in [3.05, 3.63) is 101 Å². The summed E-state index contributed by atoms with van der Waals surface area (Å²) in [4.78, 5) is 17.7. The molecule has 29 heteroatoms. The lowest BCUT2D eigenvalue weighted by Gasteiger charge is -2.22. The van der Waals surface area contributed by atoms with Gasteiger partial charge in [-0.3, -0.25) is 19.8 Å². The Morgan fingerprint density at radius 1 is 0.887 bits per heavy atom. The van der Waals surface area contributed by atoms with Gasteiger partial charge in [0.1, 0.15) is 12.3 Å². The summed E-state index contributed by atoms with van der Waals surface area (Å²) in [7, 11) is -13.8. The Balaban J connectivity index is 1.47. The fourth-order valence-corrected chi connectivity index (χ4v) is 7.67. The molecule has 0 aliphatic rings. The van der Waals surface area contributed by atoms with Crippen LogP contribution in [0, 0.1) is 0 Å². The highest BCUT2D eigenvalue weighted by Crippen LogP contribution is 2.39. The molecule has 5 aromatic rings. The zero-order valence-electron chi connectivity index (χ0n) is 31.4. The van der Waals surface area contributed by atoms with Crippen molar-refractivity contribution in [1.29, 1.82) is 0 Å². The number of amidine groups is 1. The first-order valence-corrected chi connectivity index (χ1v) is 22.6. The molecule has 7 N–H and O–H groups in total. The van der Waals surface area contributed by atoms with E-state index in [0.717, 1.165) is 12.1 Å². The molecule has 24 nitrogen and oxygen atoms in total. The average Bonchev–Trinajstić information content (AvgIpc) is 3.21. The molecule has 1 aromatic heterocycles. The van der Waals surface area contributed by atoms with Crippen LogP contribution in [0.3, 0.4) is 0 Å². The lowest BCUT2D eigenvalue weighted by atomic mass is 10.2. The lowest BCUT2D eigenvalue weighted by molar-refractivity contribution is -0.432. The second-order valence-electron chi connectivity index (χ2n) is 11.9. The van der Waals surface area contributed by atoms with E-state index in [1.165, 1.54) is 35.2 Å². The molecule has 62 heavy (non-hydrogen) atoms. The Bertz CT molecular complexity index is 2770. The number of halogens is 1. The highest BCUT2D eigenvalue weighted by atomic mass is 35.5. The summed E-state index contributed by atoms with van der Waals surface area (Å²) in [5.41, 5.74) is 3.28. The number of phenols is 1. The Kier molecular flexibility index (Phi) is 16.2. The van der Waals surface area contributed by atoms with Crippen LogP contribution in [0.25, 0.3) is 0 Å². The van der Waals surface area contributed by atoms with Crippen LogP contribution in [-0.2, 0) is 55.4 Å². The fraction of sp³-hybridized carbons (Fsp3) is 0.152. The molecule has 0 spiro atoms. The van der Waals surface area contributed by atoms with Gasteiger partial charge >= 0.3 is 10.4 Å². The molecule has 0 aliphatic carbocycles. The molecule has 5 rings (SSSR count). The Morgan fingerprint density at radius 2 is 1.61 bits per heavy atom. The Labute approximate surface area is 361 Å². The van der Waals surface area contributed by atoms with Gasteiger partial charge in [0.2, 0.25) is 23.0 Å². The second-order valence-corrected chi connectivity index (χ2v) is 17.6. The van der Waals surface area contributed by atoms with E-state index in [1.807, 2.05) is 0 Å². The summed E-state index contributed by atoms with van der Waals surface area (Å²) in [6, 6.07) is 19.8. The van der Waals surface area contributed by atoms with Gasteiger partial charge in [-0.05, 0) is 67.1 Å². The van der Waals surface area contributed by atoms with E-state index < -0.39 is 64.7 Å². The number of azo groups is 1. The normalized spacial score (nSPS) is 12.5. The minimum absolute atomic E-state index is 0.0965.